The number of nitrogens with zero attached hydrogens (tertiary/aromatic N) is 3. The van der Waals surface area contributed by atoms with Crippen molar-refractivity contribution in [2.75, 3.05) is 5.32 Å². The van der Waals surface area contributed by atoms with Crippen LogP contribution in [0.1, 0.15) is 11.4 Å². The van der Waals surface area contributed by atoms with E-state index in [9.17, 15) is 4.79 Å². The first-order chi connectivity index (χ1) is 8.16. The van der Waals surface area contributed by atoms with Crippen LogP contribution in [-0.4, -0.2) is 14.5 Å². The lowest BCUT2D eigenvalue weighted by atomic mass is 10.3. The molecule has 0 unspecified atom stereocenters. The van der Waals surface area contributed by atoms with Crippen LogP contribution in [0.5, 0.6) is 0 Å². The Labute approximate surface area is 99.2 Å². The topological polar surface area (TPSA) is 59.8 Å². The molecule has 1 N–H and O–H groups in total. The van der Waals surface area contributed by atoms with Gasteiger partial charge < -0.3 is 9.88 Å². The second-order valence-corrected chi connectivity index (χ2v) is 3.82. The molecule has 2 rings (SSSR count). The standard InChI is InChI=1S/C12H14N4O/c1-9-4-3-5-10(15-9)8-14-11-12(17)16(2)7-6-13-11/h3-7H,8H2,1-2H3,(H,13,14). The predicted octanol–water partition coefficient (Wildman–Crippen LogP) is 1.10. The lowest BCUT2D eigenvalue weighted by molar-refractivity contribution is 0.837. The summed E-state index contributed by atoms with van der Waals surface area (Å²) in [6.45, 7) is 2.43. The monoisotopic (exact) mass is 230 g/mol. The quantitative estimate of drug-likeness (QED) is 0.857. The number of rotatable bonds is 3. The lowest BCUT2D eigenvalue weighted by Crippen LogP contribution is -2.21. The summed E-state index contributed by atoms with van der Waals surface area (Å²) < 4.78 is 1.49. The molecule has 88 valence electrons. The Hall–Kier alpha value is -2.17. The zero-order valence-corrected chi connectivity index (χ0v) is 9.84. The Bertz CT molecular complexity index is 577. The van der Waals surface area contributed by atoms with Crippen molar-refractivity contribution in [3.05, 3.63) is 52.3 Å². The molecule has 5 heteroatoms. The number of aromatic nitrogens is 3. The molecule has 0 aliphatic heterocycles. The molecule has 5 nitrogen and oxygen atoms in total. The van der Waals surface area contributed by atoms with E-state index in [0.29, 0.717) is 12.4 Å². The van der Waals surface area contributed by atoms with Crippen LogP contribution in [0.25, 0.3) is 0 Å². The van der Waals surface area contributed by atoms with Gasteiger partial charge >= 0.3 is 0 Å². The highest BCUT2D eigenvalue weighted by Gasteiger charge is 2.02. The Balaban J connectivity index is 2.13. The predicted molar refractivity (Wildman–Crippen MR) is 65.8 cm³/mol. The summed E-state index contributed by atoms with van der Waals surface area (Å²) in [6, 6.07) is 5.78. The molecule has 0 fully saturated rings. The largest absolute Gasteiger partial charge is 0.360 e. The highest BCUT2D eigenvalue weighted by atomic mass is 16.1. The number of nitrogens with one attached hydrogen (secondary N) is 1. The lowest BCUT2D eigenvalue weighted by Gasteiger charge is -2.05. The average molecular weight is 230 g/mol. The fourth-order valence-corrected chi connectivity index (χ4v) is 1.49. The second kappa shape index (κ2) is 4.78. The molecule has 0 saturated heterocycles. The third-order valence-corrected chi connectivity index (χ3v) is 2.40. The summed E-state index contributed by atoms with van der Waals surface area (Å²) in [4.78, 5) is 20.0. The first-order valence-electron chi connectivity index (χ1n) is 5.35. The van der Waals surface area contributed by atoms with Gasteiger partial charge in [0.25, 0.3) is 5.56 Å². The minimum atomic E-state index is -0.139. The van der Waals surface area contributed by atoms with Crippen molar-refractivity contribution >= 4 is 5.82 Å². The van der Waals surface area contributed by atoms with Crippen molar-refractivity contribution in [3.63, 3.8) is 0 Å². The molecule has 0 aromatic carbocycles. The third-order valence-electron chi connectivity index (χ3n) is 2.40. The summed E-state index contributed by atoms with van der Waals surface area (Å²) >= 11 is 0. The summed E-state index contributed by atoms with van der Waals surface area (Å²) in [6.07, 6.45) is 3.21. The van der Waals surface area contributed by atoms with E-state index >= 15 is 0 Å². The summed E-state index contributed by atoms with van der Waals surface area (Å²) in [5.74, 6) is 0.346. The Morgan fingerprint density at radius 2 is 2.24 bits per heavy atom. The van der Waals surface area contributed by atoms with Gasteiger partial charge in [-0.15, -0.1) is 0 Å². The van der Waals surface area contributed by atoms with Crippen LogP contribution in [0.3, 0.4) is 0 Å². The van der Waals surface area contributed by atoms with Crippen LogP contribution in [0.4, 0.5) is 5.82 Å². The summed E-state index contributed by atoms with van der Waals surface area (Å²) in [7, 11) is 1.69. The molecule has 0 spiro atoms. The third kappa shape index (κ3) is 2.69. The van der Waals surface area contributed by atoms with E-state index in [1.807, 2.05) is 25.1 Å². The molecular formula is C12H14N4O. The first-order valence-corrected chi connectivity index (χ1v) is 5.35. The van der Waals surface area contributed by atoms with Gasteiger partial charge in [-0.05, 0) is 19.1 Å². The zero-order valence-electron chi connectivity index (χ0n) is 9.84. The number of hydrogen-bond donors (Lipinski definition) is 1. The van der Waals surface area contributed by atoms with Crippen LogP contribution in [-0.2, 0) is 13.6 Å². The van der Waals surface area contributed by atoms with Gasteiger partial charge in [0.15, 0.2) is 5.82 Å². The van der Waals surface area contributed by atoms with E-state index < -0.39 is 0 Å². The molecule has 0 aliphatic rings. The maximum absolute atomic E-state index is 11.7. The van der Waals surface area contributed by atoms with Gasteiger partial charge in [0.05, 0.1) is 12.2 Å². The van der Waals surface area contributed by atoms with Gasteiger partial charge in [0.1, 0.15) is 0 Å². The van der Waals surface area contributed by atoms with E-state index in [4.69, 9.17) is 0 Å². The van der Waals surface area contributed by atoms with Crippen molar-refractivity contribution in [1.29, 1.82) is 0 Å². The van der Waals surface area contributed by atoms with E-state index in [1.165, 1.54) is 4.57 Å². The molecule has 0 bridgehead atoms. The van der Waals surface area contributed by atoms with Crippen LogP contribution in [0.2, 0.25) is 0 Å². The first kappa shape index (κ1) is 11.3. The zero-order chi connectivity index (χ0) is 12.3. The summed E-state index contributed by atoms with van der Waals surface area (Å²) in [5.41, 5.74) is 1.70. The molecule has 2 aromatic rings. The second-order valence-electron chi connectivity index (χ2n) is 3.82. The number of pyridine rings is 1. The van der Waals surface area contributed by atoms with E-state index in [1.54, 1.807) is 19.4 Å². The maximum Gasteiger partial charge on any atom is 0.293 e. The molecule has 0 saturated carbocycles. The molecule has 17 heavy (non-hydrogen) atoms. The van der Waals surface area contributed by atoms with Crippen molar-refractivity contribution in [1.82, 2.24) is 14.5 Å². The van der Waals surface area contributed by atoms with E-state index in [2.05, 4.69) is 15.3 Å². The average Bonchev–Trinajstić information content (AvgIpc) is 2.31. The van der Waals surface area contributed by atoms with Crippen molar-refractivity contribution < 1.29 is 0 Å². The number of anilines is 1. The fraction of sp³-hybridized carbons (Fsp3) is 0.250. The molecule has 0 radical (unpaired) electrons. The van der Waals surface area contributed by atoms with Gasteiger partial charge in [-0.25, -0.2) is 4.98 Å². The smallest absolute Gasteiger partial charge is 0.293 e. The van der Waals surface area contributed by atoms with Gasteiger partial charge in [-0.3, -0.25) is 9.78 Å². The van der Waals surface area contributed by atoms with Crippen LogP contribution in [0, 0.1) is 6.92 Å². The molecule has 2 heterocycles. The van der Waals surface area contributed by atoms with Crippen LogP contribution < -0.4 is 10.9 Å². The van der Waals surface area contributed by atoms with Crippen molar-refractivity contribution in [3.8, 4) is 0 Å². The molecule has 0 atom stereocenters. The molecule has 2 aromatic heterocycles. The van der Waals surface area contributed by atoms with Gasteiger partial charge in [-0.1, -0.05) is 6.07 Å². The number of hydrogen-bond acceptors (Lipinski definition) is 4. The molecule has 0 aliphatic carbocycles. The molecular weight excluding hydrogens is 216 g/mol. The van der Waals surface area contributed by atoms with Gasteiger partial charge in [-0.2, -0.15) is 0 Å². The van der Waals surface area contributed by atoms with E-state index in [0.717, 1.165) is 11.4 Å². The van der Waals surface area contributed by atoms with Crippen molar-refractivity contribution in [2.45, 2.75) is 13.5 Å². The minimum absolute atomic E-state index is 0.139. The maximum atomic E-state index is 11.7. The normalized spacial score (nSPS) is 10.2. The number of aryl methyl sites for hydroxylation is 2. The Morgan fingerprint density at radius 1 is 1.41 bits per heavy atom. The van der Waals surface area contributed by atoms with Crippen LogP contribution >= 0.6 is 0 Å². The fourth-order valence-electron chi connectivity index (χ4n) is 1.49. The minimum Gasteiger partial charge on any atom is -0.360 e. The van der Waals surface area contributed by atoms with Gasteiger partial charge in [0, 0.05) is 25.1 Å². The van der Waals surface area contributed by atoms with E-state index in [-0.39, 0.29) is 5.56 Å². The highest BCUT2D eigenvalue weighted by Crippen LogP contribution is 2.00. The highest BCUT2D eigenvalue weighted by molar-refractivity contribution is 5.31. The van der Waals surface area contributed by atoms with Gasteiger partial charge in [0.2, 0.25) is 0 Å². The Morgan fingerprint density at radius 3 is 3.00 bits per heavy atom. The Kier molecular flexibility index (Phi) is 3.18. The van der Waals surface area contributed by atoms with Crippen molar-refractivity contribution in [2.24, 2.45) is 7.05 Å². The summed E-state index contributed by atoms with van der Waals surface area (Å²) in [5, 5.41) is 2.99. The molecule has 0 amide bonds. The SMILES string of the molecule is Cc1cccc(CNc2nccn(C)c2=O)n1. The van der Waals surface area contributed by atoms with Crippen LogP contribution in [0.15, 0.2) is 35.4 Å².